The molecule has 3 nitrogen and oxygen atoms in total. The number of benzene rings is 1. The van der Waals surface area contributed by atoms with Crippen molar-refractivity contribution in [3.63, 3.8) is 0 Å². The number of aliphatic hydroxyl groups excluding tert-OH is 1. The molecule has 0 aliphatic carbocycles. The Balaban J connectivity index is 2.27. The Morgan fingerprint density at radius 1 is 1.29 bits per heavy atom. The van der Waals surface area contributed by atoms with E-state index in [0.717, 1.165) is 38.0 Å². The van der Waals surface area contributed by atoms with Gasteiger partial charge in [0.1, 0.15) is 5.75 Å². The summed E-state index contributed by atoms with van der Waals surface area (Å²) in [6, 6.07) is 8.67. The number of aryl methyl sites for hydroxylation is 1. The van der Waals surface area contributed by atoms with Gasteiger partial charge in [-0.3, -0.25) is 0 Å². The van der Waals surface area contributed by atoms with Crippen LogP contribution in [0.4, 0.5) is 0 Å². The zero-order valence-electron chi connectivity index (χ0n) is 14.0. The van der Waals surface area contributed by atoms with Crippen LogP contribution in [0.2, 0.25) is 0 Å². The highest BCUT2D eigenvalue weighted by Crippen LogP contribution is 2.16. The van der Waals surface area contributed by atoms with Crippen molar-refractivity contribution in [3.8, 4) is 5.75 Å². The summed E-state index contributed by atoms with van der Waals surface area (Å²) in [4.78, 5) is 0. The van der Waals surface area contributed by atoms with E-state index in [4.69, 9.17) is 4.74 Å². The van der Waals surface area contributed by atoms with E-state index in [1.165, 1.54) is 5.56 Å². The number of rotatable bonds is 10. The average Bonchev–Trinajstić information content (AvgIpc) is 2.46. The molecule has 2 N–H and O–H groups in total. The smallest absolute Gasteiger partial charge is 0.119 e. The van der Waals surface area contributed by atoms with Crippen molar-refractivity contribution in [2.45, 2.75) is 65.0 Å². The highest BCUT2D eigenvalue weighted by atomic mass is 16.5. The summed E-state index contributed by atoms with van der Waals surface area (Å²) >= 11 is 0. The van der Waals surface area contributed by atoms with Gasteiger partial charge in [-0.15, -0.1) is 0 Å². The van der Waals surface area contributed by atoms with Crippen LogP contribution in [0.1, 0.15) is 52.5 Å². The predicted octanol–water partition coefficient (Wildman–Crippen LogP) is 3.55. The van der Waals surface area contributed by atoms with Crippen molar-refractivity contribution in [1.29, 1.82) is 0 Å². The van der Waals surface area contributed by atoms with Crippen molar-refractivity contribution < 1.29 is 9.84 Å². The van der Waals surface area contributed by atoms with Crippen molar-refractivity contribution in [1.82, 2.24) is 5.32 Å². The Bertz CT molecular complexity index is 406. The quantitative estimate of drug-likeness (QED) is 0.648. The Morgan fingerprint density at radius 2 is 2.05 bits per heavy atom. The molecule has 1 aromatic rings. The standard InChI is InChI=1S/C18H31NO2/c1-5-16-9-8-10-17(13-16)21-12-7-6-11-18(4,14-20)19-15(2)3/h8-10,13,15,19-20H,5-7,11-12,14H2,1-4H3. The van der Waals surface area contributed by atoms with Crippen molar-refractivity contribution in [3.05, 3.63) is 29.8 Å². The van der Waals surface area contributed by atoms with E-state index in [0.29, 0.717) is 6.04 Å². The minimum absolute atomic E-state index is 0.171. The number of unbranched alkanes of at least 4 members (excludes halogenated alkanes) is 1. The molecule has 0 aliphatic rings. The average molecular weight is 293 g/mol. The maximum absolute atomic E-state index is 9.53. The van der Waals surface area contributed by atoms with E-state index >= 15 is 0 Å². The summed E-state index contributed by atoms with van der Waals surface area (Å²) in [5.41, 5.74) is 1.12. The van der Waals surface area contributed by atoms with Crippen LogP contribution in [-0.4, -0.2) is 29.9 Å². The summed E-state index contributed by atoms with van der Waals surface area (Å²) in [6.45, 7) is 9.35. The second-order valence-corrected chi connectivity index (χ2v) is 6.32. The van der Waals surface area contributed by atoms with E-state index < -0.39 is 0 Å². The topological polar surface area (TPSA) is 41.5 Å². The zero-order valence-corrected chi connectivity index (χ0v) is 14.0. The number of ether oxygens (including phenoxy) is 1. The molecule has 0 spiro atoms. The van der Waals surface area contributed by atoms with Crippen LogP contribution in [0.15, 0.2) is 24.3 Å². The van der Waals surface area contributed by atoms with Gasteiger partial charge >= 0.3 is 0 Å². The van der Waals surface area contributed by atoms with Crippen molar-refractivity contribution >= 4 is 0 Å². The number of nitrogens with one attached hydrogen (secondary N) is 1. The molecule has 0 aliphatic heterocycles. The third-order valence-corrected chi connectivity index (χ3v) is 3.68. The Morgan fingerprint density at radius 3 is 2.67 bits per heavy atom. The van der Waals surface area contributed by atoms with Gasteiger partial charge in [0.05, 0.1) is 13.2 Å². The summed E-state index contributed by atoms with van der Waals surface area (Å²) in [7, 11) is 0. The number of hydrogen-bond donors (Lipinski definition) is 2. The largest absolute Gasteiger partial charge is 0.494 e. The van der Waals surface area contributed by atoms with Crippen LogP contribution in [0.5, 0.6) is 5.75 Å². The molecule has 3 heteroatoms. The van der Waals surface area contributed by atoms with Crippen molar-refractivity contribution in [2.24, 2.45) is 0 Å². The lowest BCUT2D eigenvalue weighted by Crippen LogP contribution is -2.49. The fourth-order valence-corrected chi connectivity index (χ4v) is 2.56. The van der Waals surface area contributed by atoms with Gasteiger partial charge in [-0.25, -0.2) is 0 Å². The van der Waals surface area contributed by atoms with E-state index in [-0.39, 0.29) is 12.1 Å². The fraction of sp³-hybridized carbons (Fsp3) is 0.667. The van der Waals surface area contributed by atoms with Gasteiger partial charge in [0.25, 0.3) is 0 Å². The third-order valence-electron chi connectivity index (χ3n) is 3.68. The molecule has 120 valence electrons. The summed E-state index contributed by atoms with van der Waals surface area (Å²) < 4.78 is 5.80. The molecule has 0 bridgehead atoms. The fourth-order valence-electron chi connectivity index (χ4n) is 2.56. The zero-order chi connectivity index (χ0) is 15.7. The first kappa shape index (κ1) is 18.0. The Hall–Kier alpha value is -1.06. The molecule has 0 aromatic heterocycles. The molecule has 21 heavy (non-hydrogen) atoms. The number of hydrogen-bond acceptors (Lipinski definition) is 3. The predicted molar refractivity (Wildman–Crippen MR) is 88.9 cm³/mol. The normalized spacial score (nSPS) is 14.2. The lowest BCUT2D eigenvalue weighted by atomic mass is 9.95. The molecule has 0 heterocycles. The van der Waals surface area contributed by atoms with E-state index in [1.807, 2.05) is 12.1 Å². The molecule has 1 atom stereocenters. The first-order chi connectivity index (χ1) is 9.99. The van der Waals surface area contributed by atoms with Gasteiger partial charge < -0.3 is 15.2 Å². The SMILES string of the molecule is CCc1cccc(OCCCCC(C)(CO)NC(C)C)c1. The van der Waals surface area contributed by atoms with Gasteiger partial charge in [0.2, 0.25) is 0 Å². The molecule has 0 radical (unpaired) electrons. The lowest BCUT2D eigenvalue weighted by Gasteiger charge is -2.31. The van der Waals surface area contributed by atoms with Crippen molar-refractivity contribution in [2.75, 3.05) is 13.2 Å². The molecule has 1 rings (SSSR count). The minimum atomic E-state index is -0.184. The molecule has 0 saturated carbocycles. The molecular weight excluding hydrogens is 262 g/mol. The first-order valence-electron chi connectivity index (χ1n) is 8.09. The van der Waals surface area contributed by atoms with Gasteiger partial charge in [-0.2, -0.15) is 0 Å². The second kappa shape index (κ2) is 9.06. The number of aliphatic hydroxyl groups is 1. The van der Waals surface area contributed by atoms with Gasteiger partial charge in [0, 0.05) is 11.6 Å². The first-order valence-corrected chi connectivity index (χ1v) is 8.09. The summed E-state index contributed by atoms with van der Waals surface area (Å²) in [5, 5.41) is 13.0. The third kappa shape index (κ3) is 6.96. The Labute approximate surface area is 129 Å². The van der Waals surface area contributed by atoms with E-state index in [9.17, 15) is 5.11 Å². The van der Waals surface area contributed by atoms with Gasteiger partial charge in [-0.05, 0) is 50.3 Å². The highest BCUT2D eigenvalue weighted by molar-refractivity contribution is 5.28. The maximum Gasteiger partial charge on any atom is 0.119 e. The van der Waals surface area contributed by atoms with Gasteiger partial charge in [-0.1, -0.05) is 32.9 Å². The van der Waals surface area contributed by atoms with E-state index in [2.05, 4.69) is 45.1 Å². The van der Waals surface area contributed by atoms with Crippen LogP contribution in [0, 0.1) is 0 Å². The van der Waals surface area contributed by atoms with Gasteiger partial charge in [0.15, 0.2) is 0 Å². The van der Waals surface area contributed by atoms with Crippen LogP contribution in [0.25, 0.3) is 0 Å². The monoisotopic (exact) mass is 293 g/mol. The Kier molecular flexibility index (Phi) is 7.76. The maximum atomic E-state index is 9.53. The summed E-state index contributed by atoms with van der Waals surface area (Å²) in [5.74, 6) is 0.958. The minimum Gasteiger partial charge on any atom is -0.494 e. The van der Waals surface area contributed by atoms with Crippen LogP contribution in [-0.2, 0) is 6.42 Å². The highest BCUT2D eigenvalue weighted by Gasteiger charge is 2.22. The molecule has 0 saturated heterocycles. The molecule has 0 amide bonds. The molecule has 1 aromatic carbocycles. The van der Waals surface area contributed by atoms with Crippen LogP contribution >= 0.6 is 0 Å². The van der Waals surface area contributed by atoms with Crippen LogP contribution in [0.3, 0.4) is 0 Å². The van der Waals surface area contributed by atoms with Crippen LogP contribution < -0.4 is 10.1 Å². The lowest BCUT2D eigenvalue weighted by molar-refractivity contribution is 0.152. The molecule has 0 fully saturated rings. The van der Waals surface area contributed by atoms with E-state index in [1.54, 1.807) is 0 Å². The summed E-state index contributed by atoms with van der Waals surface area (Å²) in [6.07, 6.45) is 4.04. The molecule has 1 unspecified atom stereocenters. The molecular formula is C18H31NO2. The second-order valence-electron chi connectivity index (χ2n) is 6.32.